The summed E-state index contributed by atoms with van der Waals surface area (Å²) in [5, 5.41) is 2.96. The molecule has 0 bridgehead atoms. The van der Waals surface area contributed by atoms with E-state index in [-0.39, 0.29) is 18.0 Å². The number of piperazine rings is 1. The lowest BCUT2D eigenvalue weighted by molar-refractivity contribution is -0.126. The maximum absolute atomic E-state index is 12.1. The second kappa shape index (κ2) is 8.14. The topological polar surface area (TPSA) is 79.8 Å². The second-order valence-electron chi connectivity index (χ2n) is 6.11. The Morgan fingerprint density at radius 1 is 1.08 bits per heavy atom. The monoisotopic (exact) mass is 337 g/mol. The highest BCUT2D eigenvalue weighted by molar-refractivity contribution is 5.81. The molecule has 1 N–H and O–H groups in total. The molecule has 1 aromatic rings. The van der Waals surface area contributed by atoms with Gasteiger partial charge in [-0.25, -0.2) is 0 Å². The van der Waals surface area contributed by atoms with Crippen molar-refractivity contribution in [3.05, 3.63) is 6.07 Å². The Morgan fingerprint density at radius 3 is 2.08 bits per heavy atom. The number of carbonyl (C=O) groups excluding carboxylic acids is 1. The van der Waals surface area contributed by atoms with Gasteiger partial charge in [0.1, 0.15) is 0 Å². The Labute approximate surface area is 143 Å². The van der Waals surface area contributed by atoms with Crippen LogP contribution in [0.1, 0.15) is 20.8 Å². The van der Waals surface area contributed by atoms with Crippen molar-refractivity contribution >= 4 is 11.9 Å². The van der Waals surface area contributed by atoms with Gasteiger partial charge in [-0.15, -0.1) is 0 Å². The number of methoxy groups -OCH3 is 2. The Bertz CT molecular complexity index is 536. The standard InChI is InChI=1S/C16H27N5O3/c1-11(2)17-15(22)12(3)20-6-8-21(9-7-20)16-18-13(23-4)10-14(19-16)24-5/h10-12H,6-9H2,1-5H3,(H,17,22). The summed E-state index contributed by atoms with van der Waals surface area (Å²) in [6.45, 7) is 8.92. The number of carbonyl (C=O) groups is 1. The highest BCUT2D eigenvalue weighted by Gasteiger charge is 2.27. The van der Waals surface area contributed by atoms with Crippen LogP contribution in [0.2, 0.25) is 0 Å². The van der Waals surface area contributed by atoms with Crippen molar-refractivity contribution in [2.45, 2.75) is 32.9 Å². The summed E-state index contributed by atoms with van der Waals surface area (Å²) in [5.41, 5.74) is 0. The predicted octanol–water partition coefficient (Wildman–Crippen LogP) is 0.529. The van der Waals surface area contributed by atoms with Crippen molar-refractivity contribution in [2.75, 3.05) is 45.3 Å². The number of ether oxygens (including phenoxy) is 2. The quantitative estimate of drug-likeness (QED) is 0.811. The molecule has 134 valence electrons. The maximum atomic E-state index is 12.1. The Hall–Kier alpha value is -2.09. The molecular weight excluding hydrogens is 310 g/mol. The SMILES string of the molecule is COc1cc(OC)nc(N2CCN(C(C)C(=O)NC(C)C)CC2)n1. The number of nitrogens with one attached hydrogen (secondary N) is 1. The first-order chi connectivity index (χ1) is 11.4. The molecule has 2 rings (SSSR count). The van der Waals surface area contributed by atoms with E-state index in [1.54, 1.807) is 20.3 Å². The van der Waals surface area contributed by atoms with Gasteiger partial charge in [0.25, 0.3) is 0 Å². The van der Waals surface area contributed by atoms with E-state index in [2.05, 4.69) is 25.1 Å². The number of hydrogen-bond acceptors (Lipinski definition) is 7. The zero-order valence-corrected chi connectivity index (χ0v) is 15.1. The van der Waals surface area contributed by atoms with Crippen molar-refractivity contribution < 1.29 is 14.3 Å². The molecule has 0 saturated carbocycles. The van der Waals surface area contributed by atoms with Crippen molar-refractivity contribution in [1.29, 1.82) is 0 Å². The third-order valence-electron chi connectivity index (χ3n) is 4.04. The van der Waals surface area contributed by atoms with Gasteiger partial charge in [0, 0.05) is 32.2 Å². The van der Waals surface area contributed by atoms with Crippen molar-refractivity contribution in [2.24, 2.45) is 0 Å². The van der Waals surface area contributed by atoms with Crippen LogP contribution in [0.15, 0.2) is 6.07 Å². The molecule has 0 aliphatic carbocycles. The molecular formula is C16H27N5O3. The number of rotatable bonds is 6. The molecule has 1 atom stereocenters. The van der Waals surface area contributed by atoms with Gasteiger partial charge in [-0.1, -0.05) is 0 Å². The molecule has 24 heavy (non-hydrogen) atoms. The number of hydrogen-bond donors (Lipinski definition) is 1. The van der Waals surface area contributed by atoms with Gasteiger partial charge < -0.3 is 19.7 Å². The summed E-state index contributed by atoms with van der Waals surface area (Å²) in [4.78, 5) is 25.2. The fraction of sp³-hybridized carbons (Fsp3) is 0.688. The van der Waals surface area contributed by atoms with E-state index in [0.717, 1.165) is 26.2 Å². The zero-order chi connectivity index (χ0) is 17.7. The van der Waals surface area contributed by atoms with Crippen molar-refractivity contribution in [3.8, 4) is 11.8 Å². The smallest absolute Gasteiger partial charge is 0.237 e. The average molecular weight is 337 g/mol. The van der Waals surface area contributed by atoms with Crippen molar-refractivity contribution in [1.82, 2.24) is 20.2 Å². The first-order valence-corrected chi connectivity index (χ1v) is 8.21. The van der Waals surface area contributed by atoms with Gasteiger partial charge in [0.05, 0.1) is 26.3 Å². The lowest BCUT2D eigenvalue weighted by Gasteiger charge is -2.37. The summed E-state index contributed by atoms with van der Waals surface area (Å²) in [6.07, 6.45) is 0. The van der Waals surface area contributed by atoms with Crippen LogP contribution in [0.25, 0.3) is 0 Å². The predicted molar refractivity (Wildman–Crippen MR) is 91.7 cm³/mol. The molecule has 8 nitrogen and oxygen atoms in total. The Balaban J connectivity index is 1.98. The number of nitrogens with zero attached hydrogens (tertiary/aromatic N) is 4. The Kier molecular flexibility index (Phi) is 6.19. The highest BCUT2D eigenvalue weighted by atomic mass is 16.5. The summed E-state index contributed by atoms with van der Waals surface area (Å²) in [6, 6.07) is 1.66. The van der Waals surface area contributed by atoms with Crippen LogP contribution in [0.4, 0.5) is 5.95 Å². The van der Waals surface area contributed by atoms with E-state index in [0.29, 0.717) is 17.7 Å². The molecule has 0 radical (unpaired) electrons. The first-order valence-electron chi connectivity index (χ1n) is 8.21. The van der Waals surface area contributed by atoms with E-state index in [4.69, 9.17) is 9.47 Å². The van der Waals surface area contributed by atoms with E-state index >= 15 is 0 Å². The summed E-state index contributed by atoms with van der Waals surface area (Å²) < 4.78 is 10.4. The summed E-state index contributed by atoms with van der Waals surface area (Å²) in [5.74, 6) is 1.61. The number of amides is 1. The van der Waals surface area contributed by atoms with Crippen molar-refractivity contribution in [3.63, 3.8) is 0 Å². The van der Waals surface area contributed by atoms with Gasteiger partial charge in [-0.3, -0.25) is 9.69 Å². The van der Waals surface area contributed by atoms with Crippen LogP contribution in [0.5, 0.6) is 11.8 Å². The molecule has 8 heteroatoms. The first kappa shape index (κ1) is 18.3. The minimum Gasteiger partial charge on any atom is -0.481 e. The van der Waals surface area contributed by atoms with Crippen LogP contribution in [0, 0.1) is 0 Å². The summed E-state index contributed by atoms with van der Waals surface area (Å²) in [7, 11) is 3.14. The molecule has 2 heterocycles. The summed E-state index contributed by atoms with van der Waals surface area (Å²) >= 11 is 0. The molecule has 0 spiro atoms. The fourth-order valence-corrected chi connectivity index (χ4v) is 2.62. The number of anilines is 1. The van der Waals surface area contributed by atoms with E-state index in [9.17, 15) is 4.79 Å². The lowest BCUT2D eigenvalue weighted by atomic mass is 10.2. The second-order valence-corrected chi connectivity index (χ2v) is 6.11. The molecule has 0 aromatic carbocycles. The van der Waals surface area contributed by atoms with Crippen LogP contribution in [0.3, 0.4) is 0 Å². The minimum absolute atomic E-state index is 0.0674. The van der Waals surface area contributed by atoms with Crippen LogP contribution >= 0.6 is 0 Å². The number of aromatic nitrogens is 2. The minimum atomic E-state index is -0.143. The van der Waals surface area contributed by atoms with Crippen LogP contribution in [-0.2, 0) is 4.79 Å². The third kappa shape index (κ3) is 4.47. The van der Waals surface area contributed by atoms with E-state index < -0.39 is 0 Å². The molecule has 1 fully saturated rings. The largest absolute Gasteiger partial charge is 0.481 e. The maximum Gasteiger partial charge on any atom is 0.237 e. The van der Waals surface area contributed by atoms with Gasteiger partial charge >= 0.3 is 0 Å². The molecule has 1 amide bonds. The fourth-order valence-electron chi connectivity index (χ4n) is 2.62. The highest BCUT2D eigenvalue weighted by Crippen LogP contribution is 2.21. The molecule has 1 aliphatic rings. The van der Waals surface area contributed by atoms with E-state index in [1.807, 2.05) is 20.8 Å². The zero-order valence-electron chi connectivity index (χ0n) is 15.1. The van der Waals surface area contributed by atoms with Gasteiger partial charge in [0.15, 0.2) is 0 Å². The average Bonchev–Trinajstić information content (AvgIpc) is 2.60. The molecule has 1 unspecified atom stereocenters. The van der Waals surface area contributed by atoms with Gasteiger partial charge in [0.2, 0.25) is 23.6 Å². The van der Waals surface area contributed by atoms with Gasteiger partial charge in [-0.2, -0.15) is 9.97 Å². The third-order valence-corrected chi connectivity index (χ3v) is 4.04. The molecule has 1 aromatic heterocycles. The van der Waals surface area contributed by atoms with Gasteiger partial charge in [-0.05, 0) is 20.8 Å². The Morgan fingerprint density at radius 2 is 1.62 bits per heavy atom. The van der Waals surface area contributed by atoms with E-state index in [1.165, 1.54) is 0 Å². The normalized spacial score (nSPS) is 16.8. The van der Waals surface area contributed by atoms with Crippen LogP contribution in [-0.4, -0.2) is 73.3 Å². The lowest BCUT2D eigenvalue weighted by Crippen LogP contribution is -2.54. The van der Waals surface area contributed by atoms with Crippen LogP contribution < -0.4 is 19.7 Å². The molecule has 1 aliphatic heterocycles. The molecule has 1 saturated heterocycles.